The van der Waals surface area contributed by atoms with Gasteiger partial charge in [0.25, 0.3) is 11.4 Å². The van der Waals surface area contributed by atoms with Crippen LogP contribution in [0.4, 0.5) is 17.1 Å². The first kappa shape index (κ1) is 14.9. The fraction of sp³-hybridized carbons (Fsp3) is 0.0714. The van der Waals surface area contributed by atoms with Gasteiger partial charge in [0.2, 0.25) is 0 Å². The van der Waals surface area contributed by atoms with Gasteiger partial charge in [-0.25, -0.2) is 0 Å². The molecule has 0 aliphatic heterocycles. The fourth-order valence-corrected chi connectivity index (χ4v) is 1.83. The van der Waals surface area contributed by atoms with Crippen LogP contribution in [0.5, 0.6) is 0 Å². The summed E-state index contributed by atoms with van der Waals surface area (Å²) < 4.78 is 0. The first-order valence-corrected chi connectivity index (χ1v) is 6.17. The van der Waals surface area contributed by atoms with Crippen LogP contribution in [0.3, 0.4) is 0 Å². The SMILES string of the molecule is N#Cc1cc([N+](=O)[O-])ccc1NCc1ccc([N+](=O)[O-])cc1. The van der Waals surface area contributed by atoms with E-state index in [9.17, 15) is 20.2 Å². The molecule has 1 N–H and O–H groups in total. The number of hydrogen-bond donors (Lipinski definition) is 1. The number of nitrogens with zero attached hydrogens (tertiary/aromatic N) is 3. The lowest BCUT2D eigenvalue weighted by molar-refractivity contribution is -0.385. The van der Waals surface area contributed by atoms with E-state index in [2.05, 4.69) is 5.32 Å². The third kappa shape index (κ3) is 3.34. The second kappa shape index (κ2) is 6.32. The van der Waals surface area contributed by atoms with Crippen molar-refractivity contribution < 1.29 is 9.85 Å². The summed E-state index contributed by atoms with van der Waals surface area (Å²) in [4.78, 5) is 20.2. The van der Waals surface area contributed by atoms with Crippen LogP contribution in [0.2, 0.25) is 0 Å². The third-order valence-corrected chi connectivity index (χ3v) is 2.96. The molecule has 0 radical (unpaired) electrons. The van der Waals surface area contributed by atoms with Crippen LogP contribution in [0, 0.1) is 31.6 Å². The first-order valence-electron chi connectivity index (χ1n) is 6.17. The third-order valence-electron chi connectivity index (χ3n) is 2.96. The summed E-state index contributed by atoms with van der Waals surface area (Å²) in [6.45, 7) is 0.338. The van der Waals surface area contributed by atoms with Crippen LogP contribution in [0.1, 0.15) is 11.1 Å². The van der Waals surface area contributed by atoms with Gasteiger partial charge < -0.3 is 5.32 Å². The van der Waals surface area contributed by atoms with Crippen LogP contribution in [0.15, 0.2) is 42.5 Å². The van der Waals surface area contributed by atoms with E-state index in [-0.39, 0.29) is 16.9 Å². The molecule has 0 saturated carbocycles. The first-order chi connectivity index (χ1) is 10.5. The number of benzene rings is 2. The molecule has 110 valence electrons. The molecule has 0 unspecified atom stereocenters. The maximum atomic E-state index is 10.7. The molecular formula is C14H10N4O4. The Labute approximate surface area is 124 Å². The van der Waals surface area contributed by atoms with E-state index in [0.29, 0.717) is 12.2 Å². The zero-order valence-corrected chi connectivity index (χ0v) is 11.2. The van der Waals surface area contributed by atoms with E-state index in [4.69, 9.17) is 5.26 Å². The summed E-state index contributed by atoms with van der Waals surface area (Å²) >= 11 is 0. The molecule has 0 heterocycles. The largest absolute Gasteiger partial charge is 0.380 e. The average Bonchev–Trinajstić information content (AvgIpc) is 2.52. The molecule has 0 spiro atoms. The Kier molecular flexibility index (Phi) is 4.29. The van der Waals surface area contributed by atoms with Gasteiger partial charge >= 0.3 is 0 Å². The predicted molar refractivity (Wildman–Crippen MR) is 78.2 cm³/mol. The van der Waals surface area contributed by atoms with Crippen LogP contribution in [-0.4, -0.2) is 9.85 Å². The lowest BCUT2D eigenvalue weighted by Crippen LogP contribution is -2.02. The highest BCUT2D eigenvalue weighted by Gasteiger charge is 2.10. The number of nitro benzene ring substituents is 2. The van der Waals surface area contributed by atoms with E-state index < -0.39 is 9.85 Å². The van der Waals surface area contributed by atoms with Gasteiger partial charge in [-0.05, 0) is 11.6 Å². The Morgan fingerprint density at radius 3 is 2.14 bits per heavy atom. The monoisotopic (exact) mass is 298 g/mol. The maximum absolute atomic E-state index is 10.7. The molecule has 0 aromatic heterocycles. The van der Waals surface area contributed by atoms with Crippen molar-refractivity contribution in [2.45, 2.75) is 6.54 Å². The number of rotatable bonds is 5. The Hall–Kier alpha value is -3.47. The maximum Gasteiger partial charge on any atom is 0.270 e. The molecule has 0 saturated heterocycles. The van der Waals surface area contributed by atoms with Crippen molar-refractivity contribution in [3.8, 4) is 6.07 Å². The highest BCUT2D eigenvalue weighted by atomic mass is 16.6. The van der Waals surface area contributed by atoms with Gasteiger partial charge in [-0.3, -0.25) is 20.2 Å². The molecule has 2 aromatic rings. The molecule has 0 fully saturated rings. The Bertz CT molecular complexity index is 765. The van der Waals surface area contributed by atoms with E-state index in [1.807, 2.05) is 6.07 Å². The number of nitriles is 1. The predicted octanol–water partition coefficient (Wildman–Crippen LogP) is 2.99. The molecule has 2 aromatic carbocycles. The summed E-state index contributed by atoms with van der Waals surface area (Å²) in [5, 5.41) is 33.2. The Balaban J connectivity index is 2.13. The summed E-state index contributed by atoms with van der Waals surface area (Å²) in [5.41, 5.74) is 1.25. The molecule has 0 amide bonds. The van der Waals surface area contributed by atoms with Gasteiger partial charge in [0.1, 0.15) is 6.07 Å². The van der Waals surface area contributed by atoms with E-state index >= 15 is 0 Å². The van der Waals surface area contributed by atoms with Crippen molar-refractivity contribution in [1.82, 2.24) is 0 Å². The minimum Gasteiger partial charge on any atom is -0.380 e. The molecule has 2 rings (SSSR count). The van der Waals surface area contributed by atoms with Crippen molar-refractivity contribution in [3.05, 3.63) is 73.8 Å². The molecule has 8 heteroatoms. The lowest BCUT2D eigenvalue weighted by Gasteiger charge is -2.08. The Morgan fingerprint density at radius 1 is 1.00 bits per heavy atom. The zero-order valence-electron chi connectivity index (χ0n) is 11.2. The zero-order chi connectivity index (χ0) is 16.1. The highest BCUT2D eigenvalue weighted by molar-refractivity contribution is 5.61. The van der Waals surface area contributed by atoms with Gasteiger partial charge in [-0.2, -0.15) is 5.26 Å². The van der Waals surface area contributed by atoms with Crippen molar-refractivity contribution in [1.29, 1.82) is 5.26 Å². The van der Waals surface area contributed by atoms with Gasteiger partial charge in [-0.15, -0.1) is 0 Å². The number of nitro groups is 2. The minimum atomic E-state index is -0.569. The molecule has 0 aliphatic carbocycles. The van der Waals surface area contributed by atoms with Crippen LogP contribution >= 0.6 is 0 Å². The van der Waals surface area contributed by atoms with Gasteiger partial charge in [-0.1, -0.05) is 12.1 Å². The second-order valence-electron chi connectivity index (χ2n) is 4.38. The summed E-state index contributed by atoms with van der Waals surface area (Å²) in [5.74, 6) is 0. The number of nitrogens with one attached hydrogen (secondary N) is 1. The highest BCUT2D eigenvalue weighted by Crippen LogP contribution is 2.22. The van der Waals surface area contributed by atoms with Crippen LogP contribution in [0.25, 0.3) is 0 Å². The van der Waals surface area contributed by atoms with E-state index in [0.717, 1.165) is 5.56 Å². The van der Waals surface area contributed by atoms with E-state index in [1.54, 1.807) is 12.1 Å². The number of hydrogen-bond acceptors (Lipinski definition) is 6. The van der Waals surface area contributed by atoms with Crippen molar-refractivity contribution in [3.63, 3.8) is 0 Å². The molecule has 8 nitrogen and oxygen atoms in total. The molecule has 0 atom stereocenters. The van der Waals surface area contributed by atoms with Gasteiger partial charge in [0.15, 0.2) is 0 Å². The average molecular weight is 298 g/mol. The van der Waals surface area contributed by atoms with E-state index in [1.165, 1.54) is 30.3 Å². The van der Waals surface area contributed by atoms with Crippen molar-refractivity contribution in [2.75, 3.05) is 5.32 Å². The molecule has 22 heavy (non-hydrogen) atoms. The quantitative estimate of drug-likeness (QED) is 0.668. The number of non-ortho nitro benzene ring substituents is 2. The molecular weight excluding hydrogens is 288 g/mol. The molecule has 0 aliphatic rings. The van der Waals surface area contributed by atoms with Crippen molar-refractivity contribution >= 4 is 17.1 Å². The van der Waals surface area contributed by atoms with Gasteiger partial charge in [0.05, 0.1) is 21.1 Å². The summed E-state index contributed by atoms with van der Waals surface area (Å²) in [6, 6.07) is 11.8. The number of anilines is 1. The normalized spacial score (nSPS) is 9.77. The fourth-order valence-electron chi connectivity index (χ4n) is 1.83. The standard InChI is InChI=1S/C14H10N4O4/c15-8-11-7-13(18(21)22)5-6-14(11)16-9-10-1-3-12(4-2-10)17(19)20/h1-7,16H,9H2. The van der Waals surface area contributed by atoms with Crippen molar-refractivity contribution in [2.24, 2.45) is 0 Å². The summed E-state index contributed by atoms with van der Waals surface area (Å²) in [7, 11) is 0. The topological polar surface area (TPSA) is 122 Å². The Morgan fingerprint density at radius 2 is 1.59 bits per heavy atom. The van der Waals surface area contributed by atoms with Gasteiger partial charge in [0, 0.05) is 30.8 Å². The minimum absolute atomic E-state index is 0.00296. The second-order valence-corrected chi connectivity index (χ2v) is 4.38. The van der Waals surface area contributed by atoms with Crippen LogP contribution < -0.4 is 5.32 Å². The summed E-state index contributed by atoms with van der Waals surface area (Å²) in [6.07, 6.45) is 0. The van der Waals surface area contributed by atoms with Crippen LogP contribution in [-0.2, 0) is 6.54 Å². The smallest absolute Gasteiger partial charge is 0.270 e. The lowest BCUT2D eigenvalue weighted by atomic mass is 10.1. The molecule has 0 bridgehead atoms.